The van der Waals surface area contributed by atoms with Gasteiger partial charge in [0.2, 0.25) is 0 Å². The fourth-order valence-corrected chi connectivity index (χ4v) is 1.90. The van der Waals surface area contributed by atoms with Gasteiger partial charge in [0.15, 0.2) is 0 Å². The van der Waals surface area contributed by atoms with Crippen LogP contribution in [0.4, 0.5) is 4.39 Å². The maximum atomic E-state index is 13.3. The van der Waals surface area contributed by atoms with Crippen LogP contribution in [0.1, 0.15) is 30.5 Å². The van der Waals surface area contributed by atoms with Crippen LogP contribution in [0.2, 0.25) is 0 Å². The summed E-state index contributed by atoms with van der Waals surface area (Å²) in [7, 11) is 0. The lowest BCUT2D eigenvalue weighted by Gasteiger charge is -2.16. The Balaban J connectivity index is 2.35. The molecule has 3 heteroatoms. The van der Waals surface area contributed by atoms with E-state index in [4.69, 9.17) is 10.5 Å². The molecule has 0 heterocycles. The lowest BCUT2D eigenvalue weighted by Crippen LogP contribution is -2.09. The average Bonchev–Trinajstić information content (AvgIpc) is 2.42. The molecule has 100 valence electrons. The summed E-state index contributed by atoms with van der Waals surface area (Å²) in [6, 6.07) is 12.0. The van der Waals surface area contributed by atoms with Crippen LogP contribution in [0.5, 0.6) is 11.5 Å². The Morgan fingerprint density at radius 1 is 1.16 bits per heavy atom. The van der Waals surface area contributed by atoms with Crippen molar-refractivity contribution in [1.29, 1.82) is 0 Å². The van der Waals surface area contributed by atoms with Crippen molar-refractivity contribution in [1.82, 2.24) is 0 Å². The minimum atomic E-state index is -0.308. The molecule has 0 amide bonds. The van der Waals surface area contributed by atoms with Gasteiger partial charge < -0.3 is 10.5 Å². The second kappa shape index (κ2) is 5.85. The standard InChI is InChI=1S/C16H18FNO/c1-3-14(18)13-6-4-5-7-15(13)19-16-10-12(17)9-8-11(16)2/h4-10,14H,3,18H2,1-2H3/t14-/m0/s1. The number of para-hydroxylation sites is 1. The molecule has 0 aliphatic rings. The highest BCUT2D eigenvalue weighted by Gasteiger charge is 2.11. The van der Waals surface area contributed by atoms with Crippen LogP contribution in [0.15, 0.2) is 42.5 Å². The van der Waals surface area contributed by atoms with Crippen LogP contribution >= 0.6 is 0 Å². The second-order valence-electron chi connectivity index (χ2n) is 4.56. The zero-order valence-electron chi connectivity index (χ0n) is 11.2. The highest BCUT2D eigenvalue weighted by molar-refractivity contribution is 5.42. The highest BCUT2D eigenvalue weighted by atomic mass is 19.1. The van der Waals surface area contributed by atoms with Crippen LogP contribution in [0.25, 0.3) is 0 Å². The maximum absolute atomic E-state index is 13.3. The minimum Gasteiger partial charge on any atom is -0.457 e. The summed E-state index contributed by atoms with van der Waals surface area (Å²) in [5, 5.41) is 0. The van der Waals surface area contributed by atoms with Gasteiger partial charge in [0.05, 0.1) is 0 Å². The quantitative estimate of drug-likeness (QED) is 0.886. The van der Waals surface area contributed by atoms with E-state index in [9.17, 15) is 4.39 Å². The normalized spacial score (nSPS) is 12.2. The number of ether oxygens (including phenoxy) is 1. The van der Waals surface area contributed by atoms with Gasteiger partial charge in [-0.05, 0) is 31.0 Å². The number of benzene rings is 2. The maximum Gasteiger partial charge on any atom is 0.133 e. The Hall–Kier alpha value is -1.87. The number of aryl methyl sites for hydroxylation is 1. The van der Waals surface area contributed by atoms with Crippen molar-refractivity contribution in [3.8, 4) is 11.5 Å². The van der Waals surface area contributed by atoms with E-state index in [0.717, 1.165) is 17.5 Å². The molecule has 19 heavy (non-hydrogen) atoms. The molecule has 2 aromatic carbocycles. The van der Waals surface area contributed by atoms with Gasteiger partial charge >= 0.3 is 0 Å². The molecule has 2 rings (SSSR count). The van der Waals surface area contributed by atoms with E-state index < -0.39 is 0 Å². The van der Waals surface area contributed by atoms with Gasteiger partial charge in [0.25, 0.3) is 0 Å². The third kappa shape index (κ3) is 3.12. The third-order valence-corrected chi connectivity index (χ3v) is 3.13. The number of hydrogen-bond donors (Lipinski definition) is 1. The van der Waals surface area contributed by atoms with E-state index in [1.165, 1.54) is 12.1 Å². The van der Waals surface area contributed by atoms with E-state index in [-0.39, 0.29) is 11.9 Å². The second-order valence-corrected chi connectivity index (χ2v) is 4.56. The molecule has 0 aliphatic heterocycles. The van der Waals surface area contributed by atoms with Gasteiger partial charge in [-0.25, -0.2) is 4.39 Å². The van der Waals surface area contributed by atoms with Crippen molar-refractivity contribution in [3.05, 3.63) is 59.4 Å². The SMILES string of the molecule is CC[C@H](N)c1ccccc1Oc1cc(F)ccc1C. The van der Waals surface area contributed by atoms with E-state index in [1.54, 1.807) is 6.07 Å². The summed E-state index contributed by atoms with van der Waals surface area (Å²) < 4.78 is 19.1. The fraction of sp³-hybridized carbons (Fsp3) is 0.250. The number of hydrogen-bond acceptors (Lipinski definition) is 2. The Morgan fingerprint density at radius 2 is 1.89 bits per heavy atom. The van der Waals surface area contributed by atoms with Crippen LogP contribution in [-0.4, -0.2) is 0 Å². The predicted molar refractivity (Wildman–Crippen MR) is 74.9 cm³/mol. The smallest absolute Gasteiger partial charge is 0.133 e. The molecule has 2 nitrogen and oxygen atoms in total. The summed E-state index contributed by atoms with van der Waals surface area (Å²) in [6.45, 7) is 3.91. The first-order valence-corrected chi connectivity index (χ1v) is 6.40. The highest BCUT2D eigenvalue weighted by Crippen LogP contribution is 2.31. The van der Waals surface area contributed by atoms with Crippen molar-refractivity contribution < 1.29 is 9.13 Å². The molecular weight excluding hydrogens is 241 g/mol. The first kappa shape index (κ1) is 13.6. The summed E-state index contributed by atoms with van der Waals surface area (Å²) in [4.78, 5) is 0. The number of halogens is 1. The van der Waals surface area contributed by atoms with Gasteiger partial charge in [-0.3, -0.25) is 0 Å². The molecule has 0 aromatic heterocycles. The van der Waals surface area contributed by atoms with Crippen LogP contribution in [0.3, 0.4) is 0 Å². The van der Waals surface area contributed by atoms with Gasteiger partial charge in [0.1, 0.15) is 17.3 Å². The molecule has 2 N–H and O–H groups in total. The monoisotopic (exact) mass is 259 g/mol. The molecular formula is C16H18FNO. The van der Waals surface area contributed by atoms with Gasteiger partial charge in [-0.15, -0.1) is 0 Å². The lowest BCUT2D eigenvalue weighted by atomic mass is 10.0. The molecule has 0 radical (unpaired) electrons. The zero-order valence-corrected chi connectivity index (χ0v) is 11.2. The van der Waals surface area contributed by atoms with Crippen molar-refractivity contribution in [3.63, 3.8) is 0 Å². The van der Waals surface area contributed by atoms with E-state index in [1.807, 2.05) is 38.1 Å². The molecule has 2 aromatic rings. The molecule has 0 saturated carbocycles. The number of rotatable bonds is 4. The topological polar surface area (TPSA) is 35.2 Å². The number of nitrogens with two attached hydrogens (primary N) is 1. The van der Waals surface area contributed by atoms with E-state index in [0.29, 0.717) is 11.5 Å². The van der Waals surface area contributed by atoms with Crippen LogP contribution < -0.4 is 10.5 Å². The van der Waals surface area contributed by atoms with Gasteiger partial charge in [0, 0.05) is 17.7 Å². The zero-order chi connectivity index (χ0) is 13.8. The van der Waals surface area contributed by atoms with Crippen LogP contribution in [0, 0.1) is 12.7 Å². The third-order valence-electron chi connectivity index (χ3n) is 3.13. The summed E-state index contributed by atoms with van der Waals surface area (Å²) in [5.74, 6) is 0.902. The Bertz CT molecular complexity index is 568. The average molecular weight is 259 g/mol. The summed E-state index contributed by atoms with van der Waals surface area (Å²) >= 11 is 0. The van der Waals surface area contributed by atoms with Crippen molar-refractivity contribution in [2.24, 2.45) is 5.73 Å². The molecule has 0 bridgehead atoms. The Labute approximate surface area is 113 Å². The van der Waals surface area contributed by atoms with Gasteiger partial charge in [-0.1, -0.05) is 31.2 Å². The first-order valence-electron chi connectivity index (χ1n) is 6.40. The largest absolute Gasteiger partial charge is 0.457 e. The molecule has 1 atom stereocenters. The summed E-state index contributed by atoms with van der Waals surface area (Å²) in [6.07, 6.45) is 0.822. The van der Waals surface area contributed by atoms with Crippen molar-refractivity contribution >= 4 is 0 Å². The Kier molecular flexibility index (Phi) is 4.17. The molecule has 0 unspecified atom stereocenters. The van der Waals surface area contributed by atoms with E-state index >= 15 is 0 Å². The van der Waals surface area contributed by atoms with Gasteiger partial charge in [-0.2, -0.15) is 0 Å². The van der Waals surface area contributed by atoms with Crippen molar-refractivity contribution in [2.75, 3.05) is 0 Å². The molecule has 0 aliphatic carbocycles. The lowest BCUT2D eigenvalue weighted by molar-refractivity contribution is 0.460. The summed E-state index contributed by atoms with van der Waals surface area (Å²) in [5.41, 5.74) is 7.89. The predicted octanol–water partition coefficient (Wildman–Crippen LogP) is 4.34. The molecule has 0 saturated heterocycles. The van der Waals surface area contributed by atoms with Crippen molar-refractivity contribution in [2.45, 2.75) is 26.3 Å². The fourth-order valence-electron chi connectivity index (χ4n) is 1.90. The van der Waals surface area contributed by atoms with E-state index in [2.05, 4.69) is 0 Å². The minimum absolute atomic E-state index is 0.0786. The first-order chi connectivity index (χ1) is 9.11. The van der Waals surface area contributed by atoms with Crippen LogP contribution in [-0.2, 0) is 0 Å². The molecule has 0 fully saturated rings. The Morgan fingerprint density at radius 3 is 2.63 bits per heavy atom. The molecule has 0 spiro atoms.